The van der Waals surface area contributed by atoms with Crippen molar-refractivity contribution in [3.63, 3.8) is 0 Å². The van der Waals surface area contributed by atoms with Gasteiger partial charge in [0.1, 0.15) is 11.9 Å². The van der Waals surface area contributed by atoms with Crippen LogP contribution in [0.15, 0.2) is 42.5 Å². The topological polar surface area (TPSA) is 21.3 Å². The van der Waals surface area contributed by atoms with Crippen LogP contribution in [-0.2, 0) is 0 Å². The normalized spacial score (nSPS) is 20.7. The molecule has 110 valence electrons. The first-order valence-corrected chi connectivity index (χ1v) is 7.75. The van der Waals surface area contributed by atoms with Gasteiger partial charge in [0.15, 0.2) is 0 Å². The van der Waals surface area contributed by atoms with Crippen LogP contribution in [0, 0.1) is 13.8 Å². The van der Waals surface area contributed by atoms with Crippen molar-refractivity contribution in [3.8, 4) is 5.75 Å². The first kappa shape index (κ1) is 14.2. The van der Waals surface area contributed by atoms with E-state index in [0.29, 0.717) is 6.04 Å². The Morgan fingerprint density at radius 1 is 1.10 bits per heavy atom. The van der Waals surface area contributed by atoms with Crippen LogP contribution in [0.2, 0.25) is 0 Å². The molecule has 1 heterocycles. The molecule has 0 radical (unpaired) electrons. The largest absolute Gasteiger partial charge is 0.485 e. The van der Waals surface area contributed by atoms with Crippen LogP contribution in [0.25, 0.3) is 0 Å². The monoisotopic (exact) mass is 281 g/mol. The summed E-state index contributed by atoms with van der Waals surface area (Å²) in [6.07, 6.45) is 1.11. The highest BCUT2D eigenvalue weighted by molar-refractivity contribution is 5.41. The summed E-state index contributed by atoms with van der Waals surface area (Å²) in [6.45, 7) is 7.44. The van der Waals surface area contributed by atoms with Gasteiger partial charge in [-0.25, -0.2) is 0 Å². The van der Waals surface area contributed by atoms with E-state index < -0.39 is 0 Å². The fourth-order valence-corrected chi connectivity index (χ4v) is 3.16. The lowest BCUT2D eigenvalue weighted by molar-refractivity contribution is 0.151. The Balaban J connectivity index is 1.97. The van der Waals surface area contributed by atoms with Gasteiger partial charge in [0.25, 0.3) is 0 Å². The molecule has 0 aromatic heterocycles. The second-order valence-corrected chi connectivity index (χ2v) is 5.85. The Morgan fingerprint density at radius 2 is 1.90 bits per heavy atom. The van der Waals surface area contributed by atoms with Crippen LogP contribution < -0.4 is 10.1 Å². The number of fused-ring (bicyclic) bond motifs is 1. The van der Waals surface area contributed by atoms with Crippen molar-refractivity contribution in [2.45, 2.75) is 39.3 Å². The van der Waals surface area contributed by atoms with Gasteiger partial charge in [-0.2, -0.15) is 0 Å². The van der Waals surface area contributed by atoms with E-state index in [1.807, 2.05) is 6.07 Å². The molecular formula is C19H23NO. The minimum absolute atomic E-state index is 0.129. The van der Waals surface area contributed by atoms with Crippen LogP contribution in [-0.4, -0.2) is 6.54 Å². The van der Waals surface area contributed by atoms with Crippen LogP contribution in [0.3, 0.4) is 0 Å². The highest BCUT2D eigenvalue weighted by Crippen LogP contribution is 2.41. The molecule has 0 amide bonds. The second kappa shape index (κ2) is 5.90. The van der Waals surface area contributed by atoms with Crippen molar-refractivity contribution >= 4 is 0 Å². The molecular weight excluding hydrogens is 258 g/mol. The third kappa shape index (κ3) is 2.81. The van der Waals surface area contributed by atoms with Crippen LogP contribution in [0.4, 0.5) is 0 Å². The zero-order chi connectivity index (χ0) is 14.8. The summed E-state index contributed by atoms with van der Waals surface area (Å²) >= 11 is 0. The molecule has 0 aliphatic carbocycles. The molecule has 0 saturated carbocycles. The van der Waals surface area contributed by atoms with Crippen molar-refractivity contribution in [2.75, 3.05) is 6.54 Å². The number of nitrogens with one attached hydrogen (secondary N) is 1. The highest BCUT2D eigenvalue weighted by Gasteiger charge is 2.29. The SMILES string of the molecule is CCNC1CC(c2cc(C)ccc2C)Oc2ccccc21. The number of hydrogen-bond donors (Lipinski definition) is 1. The van der Waals surface area contributed by atoms with Crippen LogP contribution >= 0.6 is 0 Å². The Morgan fingerprint density at radius 3 is 2.71 bits per heavy atom. The molecule has 1 N–H and O–H groups in total. The van der Waals surface area contributed by atoms with Gasteiger partial charge in [-0.15, -0.1) is 0 Å². The van der Waals surface area contributed by atoms with Crippen molar-refractivity contribution in [3.05, 3.63) is 64.7 Å². The average molecular weight is 281 g/mol. The average Bonchev–Trinajstić information content (AvgIpc) is 2.50. The smallest absolute Gasteiger partial charge is 0.126 e. The van der Waals surface area contributed by atoms with E-state index in [0.717, 1.165) is 18.7 Å². The number of hydrogen-bond acceptors (Lipinski definition) is 2. The van der Waals surface area contributed by atoms with E-state index in [4.69, 9.17) is 4.74 Å². The first-order chi connectivity index (χ1) is 10.2. The summed E-state index contributed by atoms with van der Waals surface area (Å²) in [5.41, 5.74) is 5.19. The fraction of sp³-hybridized carbons (Fsp3) is 0.368. The third-order valence-electron chi connectivity index (χ3n) is 4.25. The lowest BCUT2D eigenvalue weighted by Gasteiger charge is -2.33. The molecule has 2 heteroatoms. The maximum Gasteiger partial charge on any atom is 0.126 e. The third-order valence-corrected chi connectivity index (χ3v) is 4.25. The van der Waals surface area contributed by atoms with Crippen molar-refractivity contribution < 1.29 is 4.74 Å². The summed E-state index contributed by atoms with van der Waals surface area (Å²) in [4.78, 5) is 0. The van der Waals surface area contributed by atoms with E-state index in [1.165, 1.54) is 22.3 Å². The molecule has 1 aliphatic heterocycles. The van der Waals surface area contributed by atoms with Gasteiger partial charge in [-0.1, -0.05) is 48.9 Å². The van der Waals surface area contributed by atoms with Gasteiger partial charge in [0.05, 0.1) is 0 Å². The van der Waals surface area contributed by atoms with Gasteiger partial charge in [0, 0.05) is 18.0 Å². The molecule has 2 aromatic carbocycles. The lowest BCUT2D eigenvalue weighted by atomic mass is 9.90. The summed E-state index contributed by atoms with van der Waals surface area (Å²) in [5, 5.41) is 3.59. The first-order valence-electron chi connectivity index (χ1n) is 7.75. The number of ether oxygens (including phenoxy) is 1. The second-order valence-electron chi connectivity index (χ2n) is 5.85. The lowest BCUT2D eigenvalue weighted by Crippen LogP contribution is -2.29. The maximum absolute atomic E-state index is 6.29. The molecule has 3 rings (SSSR count). The summed E-state index contributed by atoms with van der Waals surface area (Å²) < 4.78 is 6.29. The zero-order valence-corrected chi connectivity index (χ0v) is 13.0. The summed E-state index contributed by atoms with van der Waals surface area (Å²) in [5.74, 6) is 1.01. The van der Waals surface area contributed by atoms with Crippen molar-refractivity contribution in [1.82, 2.24) is 5.32 Å². The summed E-state index contributed by atoms with van der Waals surface area (Å²) in [6, 6.07) is 15.4. The molecule has 2 unspecified atom stereocenters. The van der Waals surface area contributed by atoms with E-state index in [-0.39, 0.29) is 6.10 Å². The van der Waals surface area contributed by atoms with Crippen LogP contribution in [0.5, 0.6) is 5.75 Å². The molecule has 1 aliphatic rings. The summed E-state index contributed by atoms with van der Waals surface area (Å²) in [7, 11) is 0. The molecule has 21 heavy (non-hydrogen) atoms. The van der Waals surface area contributed by atoms with E-state index in [9.17, 15) is 0 Å². The van der Waals surface area contributed by atoms with Gasteiger partial charge in [0.2, 0.25) is 0 Å². The number of benzene rings is 2. The number of aryl methyl sites for hydroxylation is 2. The molecule has 2 nitrogen and oxygen atoms in total. The van der Waals surface area contributed by atoms with Gasteiger partial charge in [-0.3, -0.25) is 0 Å². The van der Waals surface area contributed by atoms with E-state index in [1.54, 1.807) is 0 Å². The van der Waals surface area contributed by atoms with Crippen molar-refractivity contribution in [1.29, 1.82) is 0 Å². The van der Waals surface area contributed by atoms with Gasteiger partial charge >= 0.3 is 0 Å². The molecule has 0 saturated heterocycles. The van der Waals surface area contributed by atoms with Gasteiger partial charge in [-0.05, 0) is 37.6 Å². The Bertz CT molecular complexity index is 635. The quantitative estimate of drug-likeness (QED) is 0.895. The van der Waals surface area contributed by atoms with Gasteiger partial charge < -0.3 is 10.1 Å². The Kier molecular flexibility index (Phi) is 3.98. The Hall–Kier alpha value is -1.80. The van der Waals surface area contributed by atoms with Crippen molar-refractivity contribution in [2.24, 2.45) is 0 Å². The maximum atomic E-state index is 6.29. The molecule has 0 fully saturated rings. The predicted molar refractivity (Wildman–Crippen MR) is 86.8 cm³/mol. The fourth-order valence-electron chi connectivity index (χ4n) is 3.16. The standard InChI is InChI=1S/C19H23NO/c1-4-20-17-12-19(16-11-13(2)9-10-14(16)3)21-18-8-6-5-7-15(17)18/h5-11,17,19-20H,4,12H2,1-3H3. The molecule has 2 aromatic rings. The molecule has 2 atom stereocenters. The number of para-hydroxylation sites is 1. The van der Waals surface area contributed by atoms with Crippen LogP contribution in [0.1, 0.15) is 47.7 Å². The predicted octanol–water partition coefficient (Wildman–Crippen LogP) is 4.48. The zero-order valence-electron chi connectivity index (χ0n) is 13.0. The highest BCUT2D eigenvalue weighted by atomic mass is 16.5. The van der Waals surface area contributed by atoms with E-state index in [2.05, 4.69) is 62.5 Å². The molecule has 0 spiro atoms. The minimum atomic E-state index is 0.129. The molecule has 0 bridgehead atoms. The minimum Gasteiger partial charge on any atom is -0.485 e. The van der Waals surface area contributed by atoms with E-state index >= 15 is 0 Å². The number of rotatable bonds is 3. The Labute approximate surface area is 127 Å².